The Morgan fingerprint density at radius 3 is 2.57 bits per heavy atom. The second-order valence-corrected chi connectivity index (χ2v) is 7.77. The van der Waals surface area contributed by atoms with E-state index in [4.69, 9.17) is 20.3 Å². The van der Waals surface area contributed by atoms with Crippen LogP contribution in [0.5, 0.6) is 0 Å². The van der Waals surface area contributed by atoms with Crippen LogP contribution in [-0.2, 0) is 33.4 Å². The zero-order chi connectivity index (χ0) is 22.6. The van der Waals surface area contributed by atoms with Gasteiger partial charge in [0.15, 0.2) is 0 Å². The maximum Gasteiger partial charge on any atom is 0.352 e. The van der Waals surface area contributed by atoms with Crippen molar-refractivity contribution < 1.29 is 43.7 Å². The zero-order valence-corrected chi connectivity index (χ0v) is 17.2. The van der Waals surface area contributed by atoms with Crippen molar-refractivity contribution in [2.45, 2.75) is 43.3 Å². The van der Waals surface area contributed by atoms with Crippen LogP contribution >= 0.6 is 11.8 Å². The van der Waals surface area contributed by atoms with Crippen LogP contribution in [-0.4, -0.2) is 81.4 Å². The molecule has 30 heavy (non-hydrogen) atoms. The number of fused-ring (bicyclic) bond motifs is 1. The lowest BCUT2D eigenvalue weighted by atomic mass is 9.97. The minimum atomic E-state index is -1.75. The molecule has 2 amide bonds. The molecule has 2 aliphatic heterocycles. The molecule has 2 aliphatic rings. The van der Waals surface area contributed by atoms with Crippen molar-refractivity contribution in [2.24, 2.45) is 5.73 Å². The first-order valence-corrected chi connectivity index (χ1v) is 9.98. The van der Waals surface area contributed by atoms with Crippen molar-refractivity contribution in [1.29, 1.82) is 0 Å². The standard InChI is InChI=1S/C17H23N3O9S/c1-8(21)29-6-9-7-30-16-17(28-2,15(27)20(16)12(9)14(25)26)19-11(22)5-3-4-10(18)13(23)24/h10,16H,3-7,18H2,1-2H3,(H,19,22)(H,23,24)(H,25,26)/t10-,16-,17+/m1/s1. The summed E-state index contributed by atoms with van der Waals surface area (Å²) >= 11 is 1.16. The molecule has 0 spiro atoms. The van der Waals surface area contributed by atoms with Crippen LogP contribution in [0.3, 0.4) is 0 Å². The Hall–Kier alpha value is -2.64. The Labute approximate surface area is 175 Å². The van der Waals surface area contributed by atoms with Gasteiger partial charge in [-0.05, 0) is 12.8 Å². The number of amides is 2. The van der Waals surface area contributed by atoms with Gasteiger partial charge < -0.3 is 30.7 Å². The SMILES string of the molecule is CO[C@@]1(NC(=O)CCC[C@@H](N)C(=O)O)C(=O)N2C(C(=O)O)=C(COC(C)=O)CS[C@@H]21. The molecule has 5 N–H and O–H groups in total. The molecule has 1 fully saturated rings. The van der Waals surface area contributed by atoms with Crippen molar-refractivity contribution in [2.75, 3.05) is 19.5 Å². The topological polar surface area (TPSA) is 186 Å². The molecule has 1 saturated heterocycles. The molecule has 0 unspecified atom stereocenters. The number of rotatable bonds is 10. The van der Waals surface area contributed by atoms with Gasteiger partial charge in [-0.1, -0.05) is 0 Å². The van der Waals surface area contributed by atoms with Gasteiger partial charge in [0.05, 0.1) is 0 Å². The number of carbonyl (C=O) groups excluding carboxylic acids is 3. The molecule has 0 aromatic carbocycles. The molecule has 0 aliphatic carbocycles. The lowest BCUT2D eigenvalue weighted by molar-refractivity contribution is -0.192. The Bertz CT molecular complexity index is 799. The van der Waals surface area contributed by atoms with E-state index in [9.17, 15) is 29.1 Å². The van der Waals surface area contributed by atoms with E-state index in [0.717, 1.165) is 16.7 Å². The maximum absolute atomic E-state index is 12.8. The molecule has 0 aromatic rings. The minimum Gasteiger partial charge on any atom is -0.480 e. The van der Waals surface area contributed by atoms with E-state index in [0.29, 0.717) is 0 Å². The number of carboxylic acid groups (broad SMARTS) is 2. The summed E-state index contributed by atoms with van der Waals surface area (Å²) in [5.74, 6) is -4.31. The van der Waals surface area contributed by atoms with Crippen LogP contribution in [0.2, 0.25) is 0 Å². The van der Waals surface area contributed by atoms with Gasteiger partial charge in [-0.25, -0.2) is 4.79 Å². The third-order valence-electron chi connectivity index (χ3n) is 4.65. The summed E-state index contributed by atoms with van der Waals surface area (Å²) in [6, 6.07) is -1.09. The average Bonchev–Trinajstić information content (AvgIpc) is 2.68. The van der Waals surface area contributed by atoms with Gasteiger partial charge in [-0.2, -0.15) is 0 Å². The van der Waals surface area contributed by atoms with Gasteiger partial charge in [-0.15, -0.1) is 11.8 Å². The normalized spacial score (nSPS) is 23.9. The molecule has 13 heteroatoms. The van der Waals surface area contributed by atoms with Crippen LogP contribution in [0.25, 0.3) is 0 Å². The number of nitrogens with zero attached hydrogens (tertiary/aromatic N) is 1. The largest absolute Gasteiger partial charge is 0.480 e. The van der Waals surface area contributed by atoms with Crippen LogP contribution in [0.15, 0.2) is 11.3 Å². The number of carboxylic acids is 2. The van der Waals surface area contributed by atoms with Crippen molar-refractivity contribution in [1.82, 2.24) is 10.2 Å². The number of ether oxygens (including phenoxy) is 2. The number of hydrogen-bond donors (Lipinski definition) is 4. The van der Waals surface area contributed by atoms with Gasteiger partial charge in [-0.3, -0.25) is 24.1 Å². The van der Waals surface area contributed by atoms with E-state index in [1.807, 2.05) is 0 Å². The first-order chi connectivity index (χ1) is 14.0. The summed E-state index contributed by atoms with van der Waals surface area (Å²) in [6.07, 6.45) is 0.171. The first-order valence-electron chi connectivity index (χ1n) is 8.93. The van der Waals surface area contributed by atoms with Crippen molar-refractivity contribution >= 4 is 41.5 Å². The number of thioether (sulfide) groups is 1. The van der Waals surface area contributed by atoms with Crippen LogP contribution in [0.1, 0.15) is 26.2 Å². The van der Waals surface area contributed by atoms with Crippen molar-refractivity contribution in [3.05, 3.63) is 11.3 Å². The molecule has 0 bridgehead atoms. The molecule has 3 atom stereocenters. The van der Waals surface area contributed by atoms with Gasteiger partial charge in [0.1, 0.15) is 23.7 Å². The minimum absolute atomic E-state index is 0.0758. The predicted molar refractivity (Wildman–Crippen MR) is 102 cm³/mol. The van der Waals surface area contributed by atoms with Gasteiger partial charge >= 0.3 is 17.9 Å². The molecular weight excluding hydrogens is 422 g/mol. The molecule has 166 valence electrons. The van der Waals surface area contributed by atoms with Gasteiger partial charge in [0.2, 0.25) is 5.91 Å². The Morgan fingerprint density at radius 2 is 2.03 bits per heavy atom. The number of aliphatic carboxylic acids is 2. The smallest absolute Gasteiger partial charge is 0.352 e. The van der Waals surface area contributed by atoms with E-state index >= 15 is 0 Å². The molecular formula is C17H23N3O9S. The zero-order valence-electron chi connectivity index (χ0n) is 16.4. The predicted octanol–water partition coefficient (Wildman–Crippen LogP) is -1.16. The monoisotopic (exact) mass is 445 g/mol. The lowest BCUT2D eigenvalue weighted by Crippen LogP contribution is -2.80. The molecule has 12 nitrogen and oxygen atoms in total. The van der Waals surface area contributed by atoms with Gasteiger partial charge in [0, 0.05) is 31.8 Å². The number of nitrogens with two attached hydrogens (primary N) is 1. The van der Waals surface area contributed by atoms with E-state index in [-0.39, 0.29) is 42.9 Å². The number of hydrogen-bond acceptors (Lipinski definition) is 9. The van der Waals surface area contributed by atoms with Gasteiger partial charge in [0.25, 0.3) is 11.6 Å². The Kier molecular flexibility index (Phi) is 7.44. The lowest BCUT2D eigenvalue weighted by Gasteiger charge is -2.55. The van der Waals surface area contributed by atoms with Crippen LogP contribution in [0, 0.1) is 0 Å². The number of esters is 1. The number of nitrogens with one attached hydrogen (secondary N) is 1. The molecule has 2 rings (SSSR count). The fourth-order valence-electron chi connectivity index (χ4n) is 3.12. The highest BCUT2D eigenvalue weighted by Gasteiger charge is 2.66. The number of carbonyl (C=O) groups is 5. The quantitative estimate of drug-likeness (QED) is 0.181. The third-order valence-corrected chi connectivity index (χ3v) is 6.02. The third kappa shape index (κ3) is 4.57. The summed E-state index contributed by atoms with van der Waals surface area (Å²) in [5.41, 5.74) is 3.59. The summed E-state index contributed by atoms with van der Waals surface area (Å²) in [5, 5.41) is 20.0. The fraction of sp³-hybridized carbons (Fsp3) is 0.588. The fourth-order valence-corrected chi connectivity index (χ4v) is 4.54. The highest BCUT2D eigenvalue weighted by molar-refractivity contribution is 8.00. The maximum atomic E-state index is 12.8. The summed E-state index contributed by atoms with van der Waals surface area (Å²) in [6.45, 7) is 0.917. The van der Waals surface area contributed by atoms with E-state index in [1.165, 1.54) is 14.0 Å². The summed E-state index contributed by atoms with van der Waals surface area (Å²) in [4.78, 5) is 59.6. The highest BCUT2D eigenvalue weighted by Crippen LogP contribution is 2.46. The summed E-state index contributed by atoms with van der Waals surface area (Å²) in [7, 11) is 1.22. The van der Waals surface area contributed by atoms with Crippen molar-refractivity contribution in [3.63, 3.8) is 0 Å². The Balaban J connectivity index is 2.11. The van der Waals surface area contributed by atoms with E-state index in [1.54, 1.807) is 0 Å². The Morgan fingerprint density at radius 1 is 1.37 bits per heavy atom. The second kappa shape index (κ2) is 9.45. The van der Waals surface area contributed by atoms with Crippen molar-refractivity contribution in [3.8, 4) is 0 Å². The van der Waals surface area contributed by atoms with Crippen LogP contribution < -0.4 is 11.1 Å². The van der Waals surface area contributed by atoms with E-state index < -0.39 is 46.9 Å². The van der Waals surface area contributed by atoms with E-state index in [2.05, 4.69) is 5.32 Å². The highest BCUT2D eigenvalue weighted by atomic mass is 32.2. The van der Waals surface area contributed by atoms with Crippen LogP contribution in [0.4, 0.5) is 0 Å². The average molecular weight is 445 g/mol. The second-order valence-electron chi connectivity index (χ2n) is 6.70. The number of methoxy groups -OCH3 is 1. The first kappa shape index (κ1) is 23.6. The molecule has 0 radical (unpaired) electrons. The molecule has 2 heterocycles. The number of β-lactam (4-membered cyclic amide) rings is 1. The molecule has 0 saturated carbocycles. The molecule has 0 aromatic heterocycles. The summed E-state index contributed by atoms with van der Waals surface area (Å²) < 4.78 is 10.2.